The monoisotopic (exact) mass is 281 g/mol. The van der Waals surface area contributed by atoms with Crippen LogP contribution in [0, 0.1) is 0 Å². The number of methoxy groups -OCH3 is 1. The smallest absolute Gasteiger partial charge is 0.333 e. The molecule has 4 nitrogen and oxygen atoms in total. The Morgan fingerprint density at radius 2 is 1.76 bits per heavy atom. The van der Waals surface area contributed by atoms with Crippen molar-refractivity contribution in [3.63, 3.8) is 0 Å². The van der Waals surface area contributed by atoms with Gasteiger partial charge in [-0.3, -0.25) is 4.79 Å². The van der Waals surface area contributed by atoms with Crippen molar-refractivity contribution in [2.75, 3.05) is 7.11 Å². The van der Waals surface area contributed by atoms with E-state index in [1.807, 2.05) is 36.4 Å². The third kappa shape index (κ3) is 2.29. The summed E-state index contributed by atoms with van der Waals surface area (Å²) in [6, 6.07) is 16.1. The molecule has 1 atom stereocenters. The van der Waals surface area contributed by atoms with Crippen LogP contribution in [0.1, 0.15) is 27.5 Å². The van der Waals surface area contributed by atoms with E-state index in [1.165, 1.54) is 7.11 Å². The Labute approximate surface area is 123 Å². The van der Waals surface area contributed by atoms with Crippen LogP contribution < -0.4 is 0 Å². The number of carbonyl (C=O) groups is 2. The number of fused-ring (bicyclic) bond motifs is 1. The molecular formula is C17H15NO3. The average Bonchev–Trinajstić information content (AvgIpc) is 2.81. The number of amides is 1. The number of benzene rings is 2. The molecule has 2 aromatic carbocycles. The van der Waals surface area contributed by atoms with Crippen LogP contribution in [0.2, 0.25) is 0 Å². The summed E-state index contributed by atoms with van der Waals surface area (Å²) in [4.78, 5) is 26.2. The Hall–Kier alpha value is -2.62. The molecule has 4 heteroatoms. The van der Waals surface area contributed by atoms with Crippen LogP contribution in [0.15, 0.2) is 54.6 Å². The van der Waals surface area contributed by atoms with Crippen molar-refractivity contribution in [3.8, 4) is 0 Å². The summed E-state index contributed by atoms with van der Waals surface area (Å²) in [6.07, 6.45) is 0. The number of nitrogens with zero attached hydrogens (tertiary/aromatic N) is 1. The van der Waals surface area contributed by atoms with Crippen LogP contribution in [0.3, 0.4) is 0 Å². The highest BCUT2D eigenvalue weighted by Gasteiger charge is 2.41. The van der Waals surface area contributed by atoms with E-state index in [1.54, 1.807) is 23.1 Å². The fourth-order valence-corrected chi connectivity index (χ4v) is 2.68. The van der Waals surface area contributed by atoms with E-state index in [-0.39, 0.29) is 5.91 Å². The first kappa shape index (κ1) is 13.4. The number of carbonyl (C=O) groups excluding carboxylic acids is 2. The van der Waals surface area contributed by atoms with Crippen LogP contribution in [-0.2, 0) is 16.1 Å². The van der Waals surface area contributed by atoms with Gasteiger partial charge in [-0.25, -0.2) is 4.79 Å². The van der Waals surface area contributed by atoms with Crippen molar-refractivity contribution >= 4 is 11.9 Å². The molecule has 1 amide bonds. The van der Waals surface area contributed by atoms with Crippen molar-refractivity contribution in [3.05, 3.63) is 71.3 Å². The zero-order chi connectivity index (χ0) is 14.8. The lowest BCUT2D eigenvalue weighted by molar-refractivity contribution is -0.146. The summed E-state index contributed by atoms with van der Waals surface area (Å²) in [6.45, 7) is 0.383. The van der Waals surface area contributed by atoms with E-state index in [0.717, 1.165) is 5.56 Å². The molecule has 0 aliphatic carbocycles. The molecule has 0 saturated heterocycles. The highest BCUT2D eigenvalue weighted by molar-refractivity contribution is 6.03. The second-order valence-corrected chi connectivity index (χ2v) is 4.93. The van der Waals surface area contributed by atoms with Crippen molar-refractivity contribution in [2.45, 2.75) is 12.6 Å². The quantitative estimate of drug-likeness (QED) is 0.812. The van der Waals surface area contributed by atoms with Gasteiger partial charge < -0.3 is 9.64 Å². The Balaban J connectivity index is 1.99. The third-order valence-electron chi connectivity index (χ3n) is 3.68. The lowest BCUT2D eigenvalue weighted by Crippen LogP contribution is -2.32. The molecule has 0 N–H and O–H groups in total. The van der Waals surface area contributed by atoms with E-state index in [4.69, 9.17) is 4.74 Å². The number of esters is 1. The molecular weight excluding hydrogens is 266 g/mol. The van der Waals surface area contributed by atoms with Gasteiger partial charge in [-0.1, -0.05) is 48.5 Å². The molecule has 1 unspecified atom stereocenters. The summed E-state index contributed by atoms with van der Waals surface area (Å²) in [5.41, 5.74) is 2.27. The standard InChI is InChI=1S/C17H15NO3/c1-21-17(20)15-13-9-5-6-10-14(13)16(19)18(15)11-12-7-3-2-4-8-12/h2-10,15H,11H2,1H3. The first-order chi connectivity index (χ1) is 10.2. The van der Waals surface area contributed by atoms with Crippen molar-refractivity contribution in [2.24, 2.45) is 0 Å². The SMILES string of the molecule is COC(=O)C1c2ccccc2C(=O)N1Cc1ccccc1. The molecule has 0 aromatic heterocycles. The van der Waals surface area contributed by atoms with Crippen molar-refractivity contribution in [1.29, 1.82) is 0 Å². The van der Waals surface area contributed by atoms with Crippen LogP contribution in [0.25, 0.3) is 0 Å². The highest BCUT2D eigenvalue weighted by atomic mass is 16.5. The minimum absolute atomic E-state index is 0.134. The molecule has 0 radical (unpaired) electrons. The second-order valence-electron chi connectivity index (χ2n) is 4.93. The van der Waals surface area contributed by atoms with Crippen LogP contribution >= 0.6 is 0 Å². The van der Waals surface area contributed by atoms with Gasteiger partial charge in [-0.2, -0.15) is 0 Å². The lowest BCUT2D eigenvalue weighted by atomic mass is 10.0. The predicted octanol–water partition coefficient (Wildman–Crippen LogP) is 2.56. The van der Waals surface area contributed by atoms with E-state index >= 15 is 0 Å². The molecule has 2 aromatic rings. The van der Waals surface area contributed by atoms with Gasteiger partial charge in [-0.05, 0) is 17.2 Å². The first-order valence-corrected chi connectivity index (χ1v) is 6.74. The number of ether oxygens (including phenoxy) is 1. The third-order valence-corrected chi connectivity index (χ3v) is 3.68. The van der Waals surface area contributed by atoms with Crippen molar-refractivity contribution < 1.29 is 14.3 Å². The van der Waals surface area contributed by atoms with Gasteiger partial charge in [0, 0.05) is 12.1 Å². The van der Waals surface area contributed by atoms with Gasteiger partial charge in [0.25, 0.3) is 5.91 Å². The van der Waals surface area contributed by atoms with Gasteiger partial charge in [0.1, 0.15) is 0 Å². The summed E-state index contributed by atoms with van der Waals surface area (Å²) >= 11 is 0. The van der Waals surface area contributed by atoms with E-state index in [9.17, 15) is 9.59 Å². The summed E-state index contributed by atoms with van der Waals surface area (Å²) in [5.74, 6) is -0.547. The zero-order valence-corrected chi connectivity index (χ0v) is 11.7. The topological polar surface area (TPSA) is 46.6 Å². The minimum atomic E-state index is -0.668. The molecule has 21 heavy (non-hydrogen) atoms. The molecule has 0 spiro atoms. The van der Waals surface area contributed by atoms with E-state index in [0.29, 0.717) is 17.7 Å². The van der Waals surface area contributed by atoms with Crippen LogP contribution in [0.4, 0.5) is 0 Å². The van der Waals surface area contributed by atoms with Gasteiger partial charge >= 0.3 is 5.97 Å². The molecule has 0 saturated carbocycles. The van der Waals surface area contributed by atoms with Gasteiger partial charge in [0.15, 0.2) is 6.04 Å². The maximum Gasteiger partial charge on any atom is 0.333 e. The fraction of sp³-hybridized carbons (Fsp3) is 0.176. The number of hydrogen-bond donors (Lipinski definition) is 0. The second kappa shape index (κ2) is 5.40. The average molecular weight is 281 g/mol. The van der Waals surface area contributed by atoms with Crippen LogP contribution in [-0.4, -0.2) is 23.9 Å². The molecule has 1 aliphatic heterocycles. The lowest BCUT2D eigenvalue weighted by Gasteiger charge is -2.23. The fourth-order valence-electron chi connectivity index (χ4n) is 2.68. The maximum atomic E-state index is 12.6. The number of rotatable bonds is 3. The first-order valence-electron chi connectivity index (χ1n) is 6.74. The number of hydrogen-bond acceptors (Lipinski definition) is 3. The van der Waals surface area contributed by atoms with Gasteiger partial charge in [0.05, 0.1) is 7.11 Å². The maximum absolute atomic E-state index is 12.6. The molecule has 1 heterocycles. The Morgan fingerprint density at radius 3 is 2.48 bits per heavy atom. The summed E-state index contributed by atoms with van der Waals surface area (Å²) < 4.78 is 4.87. The van der Waals surface area contributed by atoms with Crippen LogP contribution in [0.5, 0.6) is 0 Å². The molecule has 3 rings (SSSR count). The molecule has 0 fully saturated rings. The molecule has 106 valence electrons. The normalized spacial score (nSPS) is 16.7. The molecule has 1 aliphatic rings. The Morgan fingerprint density at radius 1 is 1.10 bits per heavy atom. The molecule has 0 bridgehead atoms. The summed E-state index contributed by atoms with van der Waals surface area (Å²) in [7, 11) is 1.34. The Bertz CT molecular complexity index is 681. The summed E-state index contributed by atoms with van der Waals surface area (Å²) in [5, 5.41) is 0. The van der Waals surface area contributed by atoms with Gasteiger partial charge in [-0.15, -0.1) is 0 Å². The van der Waals surface area contributed by atoms with Gasteiger partial charge in [0.2, 0.25) is 0 Å². The zero-order valence-electron chi connectivity index (χ0n) is 11.7. The predicted molar refractivity (Wildman–Crippen MR) is 77.5 cm³/mol. The van der Waals surface area contributed by atoms with Crippen molar-refractivity contribution in [1.82, 2.24) is 4.90 Å². The largest absolute Gasteiger partial charge is 0.467 e. The van der Waals surface area contributed by atoms with E-state index < -0.39 is 12.0 Å². The minimum Gasteiger partial charge on any atom is -0.467 e. The Kier molecular flexibility index (Phi) is 3.44. The van der Waals surface area contributed by atoms with E-state index in [2.05, 4.69) is 0 Å². The highest BCUT2D eigenvalue weighted by Crippen LogP contribution is 2.35.